The minimum Gasteiger partial charge on any atom is -0.323 e. The van der Waals surface area contributed by atoms with Crippen molar-refractivity contribution in [2.75, 3.05) is 12.4 Å². The van der Waals surface area contributed by atoms with Crippen LogP contribution >= 0.6 is 11.6 Å². The Labute approximate surface area is 132 Å². The predicted octanol–water partition coefficient (Wildman–Crippen LogP) is 3.91. The van der Waals surface area contributed by atoms with Crippen LogP contribution in [0.2, 0.25) is 5.02 Å². The van der Waals surface area contributed by atoms with Crippen LogP contribution in [0.5, 0.6) is 0 Å². The molecule has 7 heteroatoms. The van der Waals surface area contributed by atoms with Crippen molar-refractivity contribution in [2.45, 2.75) is 6.54 Å². The topological polar surface area (TPSA) is 75.5 Å². The second kappa shape index (κ2) is 6.91. The maximum Gasteiger partial charge on any atom is 0.321 e. The summed E-state index contributed by atoms with van der Waals surface area (Å²) in [7, 11) is 1.66. The number of urea groups is 1. The van der Waals surface area contributed by atoms with Crippen molar-refractivity contribution in [2.24, 2.45) is 0 Å². The molecule has 0 saturated heterocycles. The number of hydrogen-bond acceptors (Lipinski definition) is 3. The van der Waals surface area contributed by atoms with Gasteiger partial charge >= 0.3 is 6.03 Å². The Bertz CT molecular complexity index is 671. The van der Waals surface area contributed by atoms with Crippen LogP contribution in [0.4, 0.5) is 16.2 Å². The summed E-state index contributed by atoms with van der Waals surface area (Å²) in [4.78, 5) is 23.6. The molecule has 0 saturated carbocycles. The zero-order valence-electron chi connectivity index (χ0n) is 11.8. The fourth-order valence-electron chi connectivity index (χ4n) is 1.82. The third-order valence-corrected chi connectivity index (χ3v) is 3.26. The van der Waals surface area contributed by atoms with Gasteiger partial charge < -0.3 is 10.2 Å². The van der Waals surface area contributed by atoms with E-state index in [0.29, 0.717) is 17.3 Å². The van der Waals surface area contributed by atoms with Gasteiger partial charge in [-0.15, -0.1) is 0 Å². The first-order valence-electron chi connectivity index (χ1n) is 6.47. The maximum atomic E-state index is 12.1. The first-order valence-corrected chi connectivity index (χ1v) is 6.84. The van der Waals surface area contributed by atoms with Crippen LogP contribution in [0, 0.1) is 10.1 Å². The van der Waals surface area contributed by atoms with Crippen molar-refractivity contribution < 1.29 is 9.72 Å². The number of nitro benzene ring substituents is 1. The van der Waals surface area contributed by atoms with Crippen molar-refractivity contribution in [1.29, 1.82) is 0 Å². The quantitative estimate of drug-likeness (QED) is 0.685. The molecule has 2 aromatic carbocycles. The highest BCUT2D eigenvalue weighted by Crippen LogP contribution is 2.16. The monoisotopic (exact) mass is 319 g/mol. The highest BCUT2D eigenvalue weighted by molar-refractivity contribution is 6.30. The van der Waals surface area contributed by atoms with Crippen molar-refractivity contribution in [1.82, 2.24) is 4.90 Å². The molecular weight excluding hydrogens is 306 g/mol. The van der Waals surface area contributed by atoms with Gasteiger partial charge in [-0.05, 0) is 29.8 Å². The van der Waals surface area contributed by atoms with Crippen LogP contribution in [0.25, 0.3) is 0 Å². The van der Waals surface area contributed by atoms with Gasteiger partial charge in [-0.1, -0.05) is 23.7 Å². The zero-order chi connectivity index (χ0) is 16.1. The lowest BCUT2D eigenvalue weighted by Gasteiger charge is -2.18. The number of nitrogens with one attached hydrogen (secondary N) is 1. The number of halogens is 1. The van der Waals surface area contributed by atoms with Crippen molar-refractivity contribution in [3.8, 4) is 0 Å². The molecule has 0 fully saturated rings. The van der Waals surface area contributed by atoms with Crippen LogP contribution in [0.15, 0.2) is 48.5 Å². The number of non-ortho nitro benzene ring substituents is 1. The van der Waals surface area contributed by atoms with E-state index >= 15 is 0 Å². The number of anilines is 1. The molecule has 2 rings (SSSR count). The van der Waals surface area contributed by atoms with E-state index in [-0.39, 0.29) is 11.7 Å². The van der Waals surface area contributed by atoms with Gasteiger partial charge in [-0.3, -0.25) is 10.1 Å². The molecule has 0 aliphatic carbocycles. The van der Waals surface area contributed by atoms with Gasteiger partial charge in [0.1, 0.15) is 0 Å². The van der Waals surface area contributed by atoms with Gasteiger partial charge in [0.15, 0.2) is 0 Å². The summed E-state index contributed by atoms with van der Waals surface area (Å²) in [6.07, 6.45) is 0. The van der Waals surface area contributed by atoms with E-state index in [1.807, 2.05) is 12.1 Å². The molecular formula is C15H14ClN3O3. The molecule has 6 nitrogen and oxygen atoms in total. The second-order valence-corrected chi connectivity index (χ2v) is 5.15. The fraction of sp³-hybridized carbons (Fsp3) is 0.133. The Balaban J connectivity index is 1.95. The minimum atomic E-state index is -0.488. The van der Waals surface area contributed by atoms with Crippen LogP contribution in [-0.4, -0.2) is 22.9 Å². The molecule has 0 atom stereocenters. The average molecular weight is 320 g/mol. The highest BCUT2D eigenvalue weighted by atomic mass is 35.5. The Morgan fingerprint density at radius 1 is 1.18 bits per heavy atom. The number of rotatable bonds is 4. The Kier molecular flexibility index (Phi) is 4.95. The number of benzene rings is 2. The summed E-state index contributed by atoms with van der Waals surface area (Å²) in [5.74, 6) is 0. The van der Waals surface area contributed by atoms with E-state index in [4.69, 9.17) is 11.6 Å². The maximum absolute atomic E-state index is 12.1. The summed E-state index contributed by atoms with van der Waals surface area (Å²) in [5.41, 5.74) is 1.43. The first kappa shape index (κ1) is 15.8. The molecule has 0 heterocycles. The third-order valence-electron chi connectivity index (χ3n) is 3.01. The van der Waals surface area contributed by atoms with Crippen molar-refractivity contribution in [3.63, 3.8) is 0 Å². The number of carbonyl (C=O) groups is 1. The minimum absolute atomic E-state index is 0.0208. The largest absolute Gasteiger partial charge is 0.323 e. The van der Waals surface area contributed by atoms with Crippen molar-refractivity contribution >= 4 is 29.0 Å². The zero-order valence-corrected chi connectivity index (χ0v) is 12.6. The van der Waals surface area contributed by atoms with Gasteiger partial charge in [-0.25, -0.2) is 4.79 Å². The van der Waals surface area contributed by atoms with Crippen LogP contribution in [-0.2, 0) is 6.54 Å². The molecule has 0 aliphatic rings. The van der Waals surface area contributed by atoms with E-state index < -0.39 is 4.92 Å². The van der Waals surface area contributed by atoms with Gasteiger partial charge in [-0.2, -0.15) is 0 Å². The molecule has 114 valence electrons. The number of amides is 2. The summed E-state index contributed by atoms with van der Waals surface area (Å²) >= 11 is 5.81. The second-order valence-electron chi connectivity index (χ2n) is 4.72. The van der Waals surface area contributed by atoms with Gasteiger partial charge in [0.2, 0.25) is 0 Å². The molecule has 0 aliphatic heterocycles. The van der Waals surface area contributed by atoms with E-state index in [2.05, 4.69) is 5.32 Å². The van der Waals surface area contributed by atoms with E-state index in [0.717, 1.165) is 5.56 Å². The smallest absolute Gasteiger partial charge is 0.321 e. The lowest BCUT2D eigenvalue weighted by atomic mass is 10.2. The SMILES string of the molecule is CN(Cc1ccc(Cl)cc1)C(=O)Nc1ccc([N+](=O)[O-])cc1. The number of nitro groups is 1. The number of carbonyl (C=O) groups excluding carboxylic acids is 1. The first-order chi connectivity index (χ1) is 10.5. The van der Waals surface area contributed by atoms with Gasteiger partial charge in [0.25, 0.3) is 5.69 Å². The summed E-state index contributed by atoms with van der Waals surface area (Å²) in [6, 6.07) is 12.6. The van der Waals surface area contributed by atoms with Crippen LogP contribution in [0.1, 0.15) is 5.56 Å². The lowest BCUT2D eigenvalue weighted by Crippen LogP contribution is -2.30. The highest BCUT2D eigenvalue weighted by Gasteiger charge is 2.10. The molecule has 0 radical (unpaired) electrons. The fourth-order valence-corrected chi connectivity index (χ4v) is 1.95. The van der Waals surface area contributed by atoms with E-state index in [9.17, 15) is 14.9 Å². The molecule has 22 heavy (non-hydrogen) atoms. The lowest BCUT2D eigenvalue weighted by molar-refractivity contribution is -0.384. The van der Waals surface area contributed by atoms with E-state index in [1.165, 1.54) is 29.2 Å². The normalized spacial score (nSPS) is 10.1. The Morgan fingerprint density at radius 2 is 1.77 bits per heavy atom. The van der Waals surface area contributed by atoms with Crippen molar-refractivity contribution in [3.05, 3.63) is 69.2 Å². The third kappa shape index (κ3) is 4.20. The average Bonchev–Trinajstić information content (AvgIpc) is 2.50. The molecule has 1 N–H and O–H groups in total. The molecule has 2 amide bonds. The van der Waals surface area contributed by atoms with E-state index in [1.54, 1.807) is 19.2 Å². The summed E-state index contributed by atoms with van der Waals surface area (Å²) in [5, 5.41) is 13.9. The number of nitrogens with zero attached hydrogens (tertiary/aromatic N) is 2. The molecule has 0 bridgehead atoms. The Morgan fingerprint density at radius 3 is 2.32 bits per heavy atom. The summed E-state index contributed by atoms with van der Waals surface area (Å²) in [6.45, 7) is 0.427. The Hall–Kier alpha value is -2.60. The molecule has 0 spiro atoms. The van der Waals surface area contributed by atoms with Crippen LogP contribution in [0.3, 0.4) is 0 Å². The molecule has 0 unspecified atom stereocenters. The standard InChI is InChI=1S/C15H14ClN3O3/c1-18(10-11-2-4-12(16)5-3-11)15(20)17-13-6-8-14(9-7-13)19(21)22/h2-9H,10H2,1H3,(H,17,20). The van der Waals surface area contributed by atoms with Gasteiger partial charge in [0.05, 0.1) is 4.92 Å². The summed E-state index contributed by atoms with van der Waals surface area (Å²) < 4.78 is 0. The molecule has 0 aromatic heterocycles. The predicted molar refractivity (Wildman–Crippen MR) is 85.0 cm³/mol. The van der Waals surface area contributed by atoms with Gasteiger partial charge in [0, 0.05) is 36.4 Å². The number of hydrogen-bond donors (Lipinski definition) is 1. The van der Waals surface area contributed by atoms with Crippen LogP contribution < -0.4 is 5.32 Å². The molecule has 2 aromatic rings.